The molecule has 1 rings (SSSR count). The number of nitrogens with one attached hydrogen (secondary N) is 2. The molecule has 84 valence electrons. The first-order valence-corrected chi connectivity index (χ1v) is 5.61. The van der Waals surface area contributed by atoms with Gasteiger partial charge in [0.2, 0.25) is 0 Å². The molecule has 0 atom stereocenters. The Morgan fingerprint density at radius 3 is 2.60 bits per heavy atom. The summed E-state index contributed by atoms with van der Waals surface area (Å²) in [6, 6.07) is 4.69. The maximum Gasteiger partial charge on any atom is 0.298 e. The quantitative estimate of drug-likeness (QED) is 0.643. The van der Waals surface area contributed by atoms with Crippen molar-refractivity contribution in [3.63, 3.8) is 0 Å². The van der Waals surface area contributed by atoms with Gasteiger partial charge in [0.05, 0.1) is 12.8 Å². The zero-order valence-electron chi connectivity index (χ0n) is 8.44. The minimum atomic E-state index is -3.56. The van der Waals surface area contributed by atoms with E-state index in [1.54, 1.807) is 12.1 Å². The van der Waals surface area contributed by atoms with Crippen LogP contribution in [-0.2, 0) is 10.2 Å². The molecule has 0 aliphatic rings. The Labute approximate surface area is 88.6 Å². The molecule has 0 radical (unpaired) electrons. The lowest BCUT2D eigenvalue weighted by Crippen LogP contribution is -2.26. The average molecular weight is 231 g/mol. The van der Waals surface area contributed by atoms with Gasteiger partial charge in [0, 0.05) is 12.7 Å². The van der Waals surface area contributed by atoms with E-state index in [1.165, 1.54) is 20.2 Å². The van der Waals surface area contributed by atoms with Gasteiger partial charge in [-0.25, -0.2) is 4.72 Å². The lowest BCUT2D eigenvalue weighted by atomic mass is 10.2. The lowest BCUT2D eigenvalue weighted by molar-refractivity contribution is 0.417. The van der Waals surface area contributed by atoms with E-state index in [1.807, 2.05) is 0 Å². The van der Waals surface area contributed by atoms with Crippen molar-refractivity contribution in [3.05, 3.63) is 18.2 Å². The number of rotatable bonds is 4. The van der Waals surface area contributed by atoms with Crippen molar-refractivity contribution in [1.29, 1.82) is 0 Å². The Morgan fingerprint density at radius 1 is 1.40 bits per heavy atom. The number of methoxy groups -OCH3 is 1. The molecule has 1 aromatic rings. The van der Waals surface area contributed by atoms with Gasteiger partial charge in [-0.2, -0.15) is 8.42 Å². The van der Waals surface area contributed by atoms with Crippen LogP contribution in [0.2, 0.25) is 0 Å². The fraction of sp³-hybridized carbons (Fsp3) is 0.250. The highest BCUT2D eigenvalue weighted by Gasteiger charge is 2.10. The van der Waals surface area contributed by atoms with Gasteiger partial charge in [-0.3, -0.25) is 4.72 Å². The zero-order chi connectivity index (χ0) is 11.5. The van der Waals surface area contributed by atoms with Gasteiger partial charge < -0.3 is 10.5 Å². The Kier molecular flexibility index (Phi) is 3.38. The van der Waals surface area contributed by atoms with E-state index >= 15 is 0 Å². The Balaban J connectivity index is 3.08. The standard InChI is InChI=1S/C8H13N3O3S/c1-10-15(12,13)11-7-5-6(9)3-4-8(7)14-2/h3-5,10-11H,9H2,1-2H3. The molecule has 0 aliphatic carbocycles. The molecule has 0 fully saturated rings. The number of hydrogen-bond acceptors (Lipinski definition) is 4. The second kappa shape index (κ2) is 4.37. The second-order valence-corrected chi connectivity index (χ2v) is 4.39. The van der Waals surface area contributed by atoms with Crippen LogP contribution in [0.25, 0.3) is 0 Å². The minimum absolute atomic E-state index is 0.298. The predicted octanol–water partition coefficient (Wildman–Crippen LogP) is 0.153. The lowest BCUT2D eigenvalue weighted by Gasteiger charge is -2.11. The predicted molar refractivity (Wildman–Crippen MR) is 59.0 cm³/mol. The van der Waals surface area contributed by atoms with Crippen LogP contribution in [0.1, 0.15) is 0 Å². The van der Waals surface area contributed by atoms with Crippen LogP contribution in [0.15, 0.2) is 18.2 Å². The second-order valence-electron chi connectivity index (χ2n) is 2.77. The molecule has 1 aromatic carbocycles. The number of hydrogen-bond donors (Lipinski definition) is 3. The van der Waals surface area contributed by atoms with Gasteiger partial charge in [-0.15, -0.1) is 0 Å². The summed E-state index contributed by atoms with van der Waals surface area (Å²) in [7, 11) is -0.804. The van der Waals surface area contributed by atoms with E-state index in [9.17, 15) is 8.42 Å². The van der Waals surface area contributed by atoms with Crippen LogP contribution in [0.4, 0.5) is 11.4 Å². The number of nitrogen functional groups attached to an aromatic ring is 1. The van der Waals surface area contributed by atoms with Gasteiger partial charge >= 0.3 is 0 Å². The maximum atomic E-state index is 11.2. The summed E-state index contributed by atoms with van der Waals surface area (Å²) < 4.78 is 31.8. The Hall–Kier alpha value is -1.47. The van der Waals surface area contributed by atoms with E-state index in [2.05, 4.69) is 9.44 Å². The molecule has 0 unspecified atom stereocenters. The van der Waals surface area contributed by atoms with Crippen molar-refractivity contribution >= 4 is 21.6 Å². The summed E-state index contributed by atoms with van der Waals surface area (Å²) in [4.78, 5) is 0. The molecule has 0 spiro atoms. The van der Waals surface area contributed by atoms with Gasteiger partial charge in [-0.1, -0.05) is 0 Å². The zero-order valence-corrected chi connectivity index (χ0v) is 9.26. The largest absolute Gasteiger partial charge is 0.495 e. The molecular formula is C8H13N3O3S. The topological polar surface area (TPSA) is 93.5 Å². The SMILES string of the molecule is CNS(=O)(=O)Nc1cc(N)ccc1OC. The van der Waals surface area contributed by atoms with Crippen LogP contribution in [-0.4, -0.2) is 22.6 Å². The van der Waals surface area contributed by atoms with Crippen LogP contribution >= 0.6 is 0 Å². The van der Waals surface area contributed by atoms with E-state index in [4.69, 9.17) is 10.5 Å². The van der Waals surface area contributed by atoms with Crippen LogP contribution in [0, 0.1) is 0 Å². The Morgan fingerprint density at radius 2 is 2.07 bits per heavy atom. The maximum absolute atomic E-state index is 11.2. The van der Waals surface area contributed by atoms with Crippen molar-refractivity contribution in [3.8, 4) is 5.75 Å². The number of ether oxygens (including phenoxy) is 1. The number of anilines is 2. The van der Waals surface area contributed by atoms with E-state index < -0.39 is 10.2 Å². The van der Waals surface area contributed by atoms with Gasteiger partial charge in [0.15, 0.2) is 0 Å². The summed E-state index contributed by atoms with van der Waals surface area (Å²) >= 11 is 0. The summed E-state index contributed by atoms with van der Waals surface area (Å²) in [5.41, 5.74) is 6.28. The highest BCUT2D eigenvalue weighted by molar-refractivity contribution is 7.90. The van der Waals surface area contributed by atoms with Gasteiger partial charge in [0.25, 0.3) is 10.2 Å². The molecule has 7 heteroatoms. The molecule has 4 N–H and O–H groups in total. The molecule has 0 heterocycles. The van der Waals surface area contributed by atoms with Crippen LogP contribution in [0.5, 0.6) is 5.75 Å². The smallest absolute Gasteiger partial charge is 0.298 e. The minimum Gasteiger partial charge on any atom is -0.495 e. The summed E-state index contributed by atoms with van der Waals surface area (Å²) in [5.74, 6) is 0.406. The summed E-state index contributed by atoms with van der Waals surface area (Å²) in [6.07, 6.45) is 0. The molecule has 15 heavy (non-hydrogen) atoms. The monoisotopic (exact) mass is 231 g/mol. The summed E-state index contributed by atoms with van der Waals surface area (Å²) in [6.45, 7) is 0. The highest BCUT2D eigenvalue weighted by Crippen LogP contribution is 2.26. The number of nitrogens with two attached hydrogens (primary N) is 1. The van der Waals surface area contributed by atoms with E-state index in [-0.39, 0.29) is 0 Å². The van der Waals surface area contributed by atoms with Crippen molar-refractivity contribution in [2.75, 3.05) is 24.6 Å². The molecule has 0 aromatic heterocycles. The first-order chi connectivity index (χ1) is 6.98. The van der Waals surface area contributed by atoms with Gasteiger partial charge in [0.1, 0.15) is 5.75 Å². The molecule has 0 bridgehead atoms. The molecular weight excluding hydrogens is 218 g/mol. The average Bonchev–Trinajstić information content (AvgIpc) is 2.18. The van der Waals surface area contributed by atoms with E-state index in [0.717, 1.165) is 0 Å². The molecule has 0 aliphatic heterocycles. The third-order valence-corrected chi connectivity index (χ3v) is 2.76. The fourth-order valence-corrected chi connectivity index (χ4v) is 1.55. The van der Waals surface area contributed by atoms with Gasteiger partial charge in [-0.05, 0) is 18.2 Å². The van der Waals surface area contributed by atoms with E-state index in [0.29, 0.717) is 17.1 Å². The van der Waals surface area contributed by atoms with Crippen LogP contribution < -0.4 is 19.9 Å². The normalized spacial score (nSPS) is 11.1. The molecule has 6 nitrogen and oxygen atoms in total. The van der Waals surface area contributed by atoms with Crippen molar-refractivity contribution in [2.45, 2.75) is 0 Å². The third kappa shape index (κ3) is 3.00. The molecule has 0 saturated heterocycles. The van der Waals surface area contributed by atoms with Crippen LogP contribution in [0.3, 0.4) is 0 Å². The Bertz CT molecular complexity index is 444. The third-order valence-electron chi connectivity index (χ3n) is 1.74. The highest BCUT2D eigenvalue weighted by atomic mass is 32.2. The first kappa shape index (κ1) is 11.6. The molecule has 0 amide bonds. The van der Waals surface area contributed by atoms with Crippen molar-refractivity contribution in [2.24, 2.45) is 0 Å². The number of benzene rings is 1. The fourth-order valence-electron chi connectivity index (χ4n) is 1.00. The molecule has 0 saturated carbocycles. The van der Waals surface area contributed by atoms with Crippen molar-refractivity contribution in [1.82, 2.24) is 4.72 Å². The van der Waals surface area contributed by atoms with Crippen molar-refractivity contribution < 1.29 is 13.2 Å². The first-order valence-electron chi connectivity index (χ1n) is 4.13. The summed E-state index contributed by atoms with van der Waals surface area (Å²) in [5, 5.41) is 0.